The van der Waals surface area contributed by atoms with Crippen molar-refractivity contribution in [3.63, 3.8) is 0 Å². The molecule has 16 heavy (non-hydrogen) atoms. The maximum Gasteiger partial charge on any atom is 0.305 e. The van der Waals surface area contributed by atoms with Crippen LogP contribution in [0.2, 0.25) is 0 Å². The molecule has 2 nitrogen and oxygen atoms in total. The van der Waals surface area contributed by atoms with Gasteiger partial charge in [-0.1, -0.05) is 24.5 Å². The lowest BCUT2D eigenvalue weighted by Crippen LogP contribution is -2.06. The van der Waals surface area contributed by atoms with Crippen LogP contribution in [0.15, 0.2) is 11.6 Å². The van der Waals surface area contributed by atoms with E-state index in [2.05, 4.69) is 13.0 Å². The zero-order chi connectivity index (χ0) is 11.8. The van der Waals surface area contributed by atoms with Gasteiger partial charge < -0.3 is 4.74 Å². The summed E-state index contributed by atoms with van der Waals surface area (Å²) in [6, 6.07) is 0. The van der Waals surface area contributed by atoms with Crippen molar-refractivity contribution in [2.24, 2.45) is 5.92 Å². The molecule has 0 N–H and O–H groups in total. The molecule has 0 aliphatic heterocycles. The van der Waals surface area contributed by atoms with Gasteiger partial charge in [0.05, 0.1) is 6.61 Å². The van der Waals surface area contributed by atoms with Gasteiger partial charge >= 0.3 is 5.97 Å². The molecular formula is C14H24O2. The Morgan fingerprint density at radius 1 is 1.50 bits per heavy atom. The molecule has 0 bridgehead atoms. The first kappa shape index (κ1) is 13.3. The number of hydrogen-bond acceptors (Lipinski definition) is 2. The maximum absolute atomic E-state index is 11.1. The first-order valence-corrected chi connectivity index (χ1v) is 6.53. The van der Waals surface area contributed by atoms with E-state index in [0.717, 1.165) is 18.8 Å². The van der Waals surface area contributed by atoms with Crippen LogP contribution in [0.25, 0.3) is 0 Å². The summed E-state index contributed by atoms with van der Waals surface area (Å²) in [5, 5.41) is 0. The minimum Gasteiger partial charge on any atom is -0.466 e. The molecule has 0 spiro atoms. The monoisotopic (exact) mass is 224 g/mol. The summed E-state index contributed by atoms with van der Waals surface area (Å²) < 4.78 is 4.90. The fourth-order valence-electron chi connectivity index (χ4n) is 2.22. The lowest BCUT2D eigenvalue weighted by atomic mass is 9.86. The average Bonchev–Trinajstić information content (AvgIpc) is 2.27. The highest BCUT2D eigenvalue weighted by Gasteiger charge is 2.12. The molecule has 1 aliphatic rings. The lowest BCUT2D eigenvalue weighted by Gasteiger charge is -2.19. The summed E-state index contributed by atoms with van der Waals surface area (Å²) in [5.74, 6) is 0.813. The highest BCUT2D eigenvalue weighted by atomic mass is 16.5. The third-order valence-corrected chi connectivity index (χ3v) is 3.30. The topological polar surface area (TPSA) is 26.3 Å². The summed E-state index contributed by atoms with van der Waals surface area (Å²) in [6.45, 7) is 4.58. The minimum absolute atomic E-state index is 0.0399. The van der Waals surface area contributed by atoms with Crippen molar-refractivity contribution in [3.8, 4) is 0 Å². The number of hydrogen-bond donors (Lipinski definition) is 0. The summed E-state index contributed by atoms with van der Waals surface area (Å²) in [7, 11) is 0. The van der Waals surface area contributed by atoms with E-state index < -0.39 is 0 Å². The van der Waals surface area contributed by atoms with E-state index in [1.807, 2.05) is 6.92 Å². The maximum atomic E-state index is 11.1. The van der Waals surface area contributed by atoms with Gasteiger partial charge in [0.25, 0.3) is 0 Å². The third-order valence-electron chi connectivity index (χ3n) is 3.30. The van der Waals surface area contributed by atoms with Crippen molar-refractivity contribution in [2.75, 3.05) is 6.61 Å². The van der Waals surface area contributed by atoms with Crippen LogP contribution in [-0.2, 0) is 9.53 Å². The molecule has 0 aromatic rings. The first-order valence-electron chi connectivity index (χ1n) is 6.53. The first-order chi connectivity index (χ1) is 7.72. The highest BCUT2D eigenvalue weighted by Crippen LogP contribution is 2.27. The number of carbonyl (C=O) groups excluding carboxylic acids is 1. The van der Waals surface area contributed by atoms with Crippen LogP contribution in [-0.4, -0.2) is 12.6 Å². The van der Waals surface area contributed by atoms with E-state index in [4.69, 9.17) is 4.74 Å². The SMILES string of the molecule is CCOC(=O)CCCCC1CC=C(C)CC1. The van der Waals surface area contributed by atoms with Gasteiger partial charge in [-0.25, -0.2) is 0 Å². The van der Waals surface area contributed by atoms with E-state index in [0.29, 0.717) is 13.0 Å². The second-order valence-electron chi connectivity index (χ2n) is 4.74. The Labute approximate surface area is 99.1 Å². The number of allylic oxidation sites excluding steroid dienone is 2. The molecule has 0 saturated heterocycles. The number of carbonyl (C=O) groups is 1. The number of unbranched alkanes of at least 4 members (excludes halogenated alkanes) is 1. The zero-order valence-corrected chi connectivity index (χ0v) is 10.6. The standard InChI is InChI=1S/C14H24O2/c1-3-16-14(15)7-5-4-6-13-10-8-12(2)9-11-13/h8,13H,3-7,9-11H2,1-2H3. The van der Waals surface area contributed by atoms with Crippen LogP contribution in [0.1, 0.15) is 58.8 Å². The fourth-order valence-corrected chi connectivity index (χ4v) is 2.22. The molecule has 0 radical (unpaired) electrons. The van der Waals surface area contributed by atoms with Gasteiger partial charge in [-0.05, 0) is 45.4 Å². The molecule has 0 heterocycles. The van der Waals surface area contributed by atoms with E-state index in [9.17, 15) is 4.79 Å². The molecule has 1 unspecified atom stereocenters. The largest absolute Gasteiger partial charge is 0.466 e. The van der Waals surface area contributed by atoms with Crippen LogP contribution in [0.4, 0.5) is 0 Å². The molecule has 1 rings (SSSR count). The van der Waals surface area contributed by atoms with Gasteiger partial charge in [-0.2, -0.15) is 0 Å². The van der Waals surface area contributed by atoms with Crippen LogP contribution >= 0.6 is 0 Å². The molecule has 0 fully saturated rings. The van der Waals surface area contributed by atoms with Gasteiger partial charge in [0, 0.05) is 6.42 Å². The second-order valence-corrected chi connectivity index (χ2v) is 4.74. The molecule has 0 aromatic heterocycles. The van der Waals surface area contributed by atoms with Gasteiger partial charge in [0.1, 0.15) is 0 Å². The zero-order valence-electron chi connectivity index (χ0n) is 10.6. The van der Waals surface area contributed by atoms with Crippen molar-refractivity contribution in [3.05, 3.63) is 11.6 Å². The third kappa shape index (κ3) is 5.34. The van der Waals surface area contributed by atoms with E-state index >= 15 is 0 Å². The van der Waals surface area contributed by atoms with Gasteiger partial charge in [-0.15, -0.1) is 0 Å². The van der Waals surface area contributed by atoms with Crippen molar-refractivity contribution in [1.29, 1.82) is 0 Å². The molecule has 0 saturated carbocycles. The van der Waals surface area contributed by atoms with Gasteiger partial charge in [0.2, 0.25) is 0 Å². The number of ether oxygens (including phenoxy) is 1. The predicted molar refractivity (Wildman–Crippen MR) is 66.2 cm³/mol. The number of esters is 1. The average molecular weight is 224 g/mol. The molecule has 92 valence electrons. The van der Waals surface area contributed by atoms with E-state index in [-0.39, 0.29) is 5.97 Å². The minimum atomic E-state index is -0.0399. The summed E-state index contributed by atoms with van der Waals surface area (Å²) in [4.78, 5) is 11.1. The van der Waals surface area contributed by atoms with E-state index in [1.165, 1.54) is 25.7 Å². The number of rotatable bonds is 6. The molecule has 0 amide bonds. The molecule has 2 heteroatoms. The summed E-state index contributed by atoms with van der Waals surface area (Å²) in [6.07, 6.45) is 10.2. The Balaban J connectivity index is 2.01. The molecular weight excluding hydrogens is 200 g/mol. The molecule has 1 atom stereocenters. The Morgan fingerprint density at radius 3 is 2.94 bits per heavy atom. The van der Waals surface area contributed by atoms with Crippen LogP contribution in [0.3, 0.4) is 0 Å². The quantitative estimate of drug-likeness (QED) is 0.389. The van der Waals surface area contributed by atoms with Crippen molar-refractivity contribution in [2.45, 2.75) is 58.8 Å². The van der Waals surface area contributed by atoms with Crippen molar-refractivity contribution >= 4 is 5.97 Å². The highest BCUT2D eigenvalue weighted by molar-refractivity contribution is 5.69. The second kappa shape index (κ2) is 7.48. The lowest BCUT2D eigenvalue weighted by molar-refractivity contribution is -0.143. The van der Waals surface area contributed by atoms with Gasteiger partial charge in [0.15, 0.2) is 0 Å². The fraction of sp³-hybridized carbons (Fsp3) is 0.786. The van der Waals surface area contributed by atoms with Crippen LogP contribution in [0.5, 0.6) is 0 Å². The van der Waals surface area contributed by atoms with Crippen LogP contribution < -0.4 is 0 Å². The van der Waals surface area contributed by atoms with Crippen molar-refractivity contribution in [1.82, 2.24) is 0 Å². The summed E-state index contributed by atoms with van der Waals surface area (Å²) >= 11 is 0. The molecule has 0 aromatic carbocycles. The van der Waals surface area contributed by atoms with E-state index in [1.54, 1.807) is 5.57 Å². The smallest absolute Gasteiger partial charge is 0.305 e. The predicted octanol–water partition coefficient (Wildman–Crippen LogP) is 3.86. The van der Waals surface area contributed by atoms with Crippen LogP contribution in [0, 0.1) is 5.92 Å². The Hall–Kier alpha value is -0.790. The Bertz CT molecular complexity index is 243. The Kier molecular flexibility index (Phi) is 6.20. The molecule has 1 aliphatic carbocycles. The summed E-state index contributed by atoms with van der Waals surface area (Å²) in [5.41, 5.74) is 1.54. The Morgan fingerprint density at radius 2 is 2.31 bits per heavy atom. The van der Waals surface area contributed by atoms with Gasteiger partial charge in [-0.3, -0.25) is 4.79 Å². The van der Waals surface area contributed by atoms with Crippen molar-refractivity contribution < 1.29 is 9.53 Å². The normalized spacial score (nSPS) is 20.4.